The van der Waals surface area contributed by atoms with Crippen LogP contribution in [0.3, 0.4) is 0 Å². The van der Waals surface area contributed by atoms with Crippen molar-refractivity contribution in [2.75, 3.05) is 5.32 Å². The predicted octanol–water partition coefficient (Wildman–Crippen LogP) is 2.48. The number of hydrogen-bond donors (Lipinski definition) is 4. The Balaban J connectivity index is 1.54. The quantitative estimate of drug-likeness (QED) is 0.530. The van der Waals surface area contributed by atoms with Gasteiger partial charge in [0, 0.05) is 17.6 Å². The second-order valence-corrected chi connectivity index (χ2v) is 8.65. The smallest absolute Gasteiger partial charge is 0.240 e. The summed E-state index contributed by atoms with van der Waals surface area (Å²) in [6.45, 7) is 6.21. The lowest BCUT2D eigenvalue weighted by atomic mass is 9.99. The summed E-state index contributed by atoms with van der Waals surface area (Å²) in [5, 5.41) is 5.98. The fourth-order valence-corrected chi connectivity index (χ4v) is 4.24. The molecular formula is C19H27BrN4O2. The van der Waals surface area contributed by atoms with E-state index in [0.717, 1.165) is 24.1 Å². The van der Waals surface area contributed by atoms with Gasteiger partial charge in [-0.15, -0.1) is 0 Å². The third kappa shape index (κ3) is 4.45. The van der Waals surface area contributed by atoms with Gasteiger partial charge in [0.1, 0.15) is 6.04 Å². The van der Waals surface area contributed by atoms with Crippen molar-refractivity contribution in [2.45, 2.75) is 56.6 Å². The highest BCUT2D eigenvalue weighted by Crippen LogP contribution is 2.30. The number of amides is 2. The number of anilines is 1. The maximum atomic E-state index is 12.6. The molecule has 4 N–H and O–H groups in total. The molecule has 1 aliphatic carbocycles. The minimum absolute atomic E-state index is 0.0368. The van der Waals surface area contributed by atoms with Crippen LogP contribution in [0.5, 0.6) is 0 Å². The molecule has 0 spiro atoms. The molecule has 1 aromatic carbocycles. The van der Waals surface area contributed by atoms with Gasteiger partial charge in [-0.2, -0.15) is 0 Å². The van der Waals surface area contributed by atoms with Crippen LogP contribution in [0.1, 0.15) is 45.2 Å². The predicted molar refractivity (Wildman–Crippen MR) is 106 cm³/mol. The molecule has 1 aromatic rings. The number of halogens is 1. The molecule has 26 heavy (non-hydrogen) atoms. The number of rotatable bonds is 6. The van der Waals surface area contributed by atoms with E-state index in [-0.39, 0.29) is 40.7 Å². The van der Waals surface area contributed by atoms with Crippen LogP contribution >= 0.6 is 15.9 Å². The average Bonchev–Trinajstić information content (AvgIpc) is 3.37. The van der Waals surface area contributed by atoms with Crippen LogP contribution in [0, 0.1) is 11.8 Å². The standard InChI is InChI=1S/C19H27BrN4O2/c1-10(2)16-15(20)17(24-23-16)19(26)21-11(3)12-6-8-14(9-7-12)22-18(25)13-4-5-13/h6-11,13,15-17,23-24H,4-5H2,1-3H3,(H,21,26)(H,22,25). The van der Waals surface area contributed by atoms with Gasteiger partial charge in [-0.1, -0.05) is 41.9 Å². The molecule has 7 heteroatoms. The first kappa shape index (κ1) is 19.3. The van der Waals surface area contributed by atoms with Gasteiger partial charge in [-0.25, -0.2) is 5.43 Å². The zero-order valence-electron chi connectivity index (χ0n) is 15.4. The highest BCUT2D eigenvalue weighted by Gasteiger charge is 2.40. The molecule has 2 aliphatic rings. The largest absolute Gasteiger partial charge is 0.348 e. The molecule has 0 bridgehead atoms. The van der Waals surface area contributed by atoms with Gasteiger partial charge in [0.25, 0.3) is 0 Å². The van der Waals surface area contributed by atoms with Crippen molar-refractivity contribution in [3.8, 4) is 0 Å². The van der Waals surface area contributed by atoms with Crippen LogP contribution in [-0.2, 0) is 9.59 Å². The summed E-state index contributed by atoms with van der Waals surface area (Å²) in [7, 11) is 0. The van der Waals surface area contributed by atoms with Gasteiger partial charge in [-0.3, -0.25) is 15.0 Å². The molecule has 1 saturated carbocycles. The van der Waals surface area contributed by atoms with Crippen molar-refractivity contribution >= 4 is 33.4 Å². The molecule has 1 aliphatic heterocycles. The Bertz CT molecular complexity index is 660. The van der Waals surface area contributed by atoms with E-state index in [9.17, 15) is 9.59 Å². The summed E-state index contributed by atoms with van der Waals surface area (Å²) in [6, 6.07) is 7.42. The van der Waals surface area contributed by atoms with Crippen LogP contribution in [0.25, 0.3) is 0 Å². The molecule has 4 unspecified atom stereocenters. The lowest BCUT2D eigenvalue weighted by Gasteiger charge is -2.21. The van der Waals surface area contributed by atoms with E-state index < -0.39 is 0 Å². The third-order valence-corrected chi connectivity index (χ3v) is 6.15. The first-order chi connectivity index (χ1) is 12.4. The van der Waals surface area contributed by atoms with Crippen molar-refractivity contribution in [2.24, 2.45) is 11.8 Å². The molecule has 0 radical (unpaired) electrons. The van der Waals surface area contributed by atoms with Crippen molar-refractivity contribution in [3.63, 3.8) is 0 Å². The Morgan fingerprint density at radius 2 is 1.73 bits per heavy atom. The van der Waals surface area contributed by atoms with E-state index in [1.807, 2.05) is 31.2 Å². The molecule has 0 aromatic heterocycles. The van der Waals surface area contributed by atoms with Gasteiger partial charge in [0.05, 0.1) is 10.9 Å². The number of hydrazine groups is 1. The van der Waals surface area contributed by atoms with Gasteiger partial charge in [0.2, 0.25) is 11.8 Å². The molecule has 4 atom stereocenters. The minimum Gasteiger partial charge on any atom is -0.348 e. The summed E-state index contributed by atoms with van der Waals surface area (Å²) < 4.78 is 0. The highest BCUT2D eigenvalue weighted by atomic mass is 79.9. The third-order valence-electron chi connectivity index (χ3n) is 5.05. The van der Waals surface area contributed by atoms with Gasteiger partial charge in [0.15, 0.2) is 0 Å². The Hall–Kier alpha value is -1.44. The number of hydrogen-bond acceptors (Lipinski definition) is 4. The van der Waals surface area contributed by atoms with Crippen molar-refractivity contribution in [1.82, 2.24) is 16.2 Å². The molecule has 2 fully saturated rings. The molecule has 3 rings (SSSR count). The van der Waals surface area contributed by atoms with E-state index in [2.05, 4.69) is 51.3 Å². The lowest BCUT2D eigenvalue weighted by Crippen LogP contribution is -2.46. The molecule has 1 heterocycles. The minimum atomic E-state index is -0.318. The summed E-state index contributed by atoms with van der Waals surface area (Å²) in [5.74, 6) is 0.663. The average molecular weight is 423 g/mol. The van der Waals surface area contributed by atoms with Crippen molar-refractivity contribution in [3.05, 3.63) is 29.8 Å². The highest BCUT2D eigenvalue weighted by molar-refractivity contribution is 9.09. The zero-order chi connectivity index (χ0) is 18.8. The number of alkyl halides is 1. The van der Waals surface area contributed by atoms with Gasteiger partial charge < -0.3 is 10.6 Å². The van der Waals surface area contributed by atoms with E-state index in [4.69, 9.17) is 0 Å². The molecule has 142 valence electrons. The van der Waals surface area contributed by atoms with Crippen molar-refractivity contribution < 1.29 is 9.59 Å². The molecule has 1 saturated heterocycles. The van der Waals surface area contributed by atoms with Gasteiger partial charge in [-0.05, 0) is 43.4 Å². The fourth-order valence-electron chi connectivity index (χ4n) is 3.13. The van der Waals surface area contributed by atoms with Crippen molar-refractivity contribution in [1.29, 1.82) is 0 Å². The van der Waals surface area contributed by atoms with E-state index >= 15 is 0 Å². The van der Waals surface area contributed by atoms with Gasteiger partial charge >= 0.3 is 0 Å². The number of carbonyl (C=O) groups is 2. The monoisotopic (exact) mass is 422 g/mol. The van der Waals surface area contributed by atoms with Crippen LogP contribution in [0.4, 0.5) is 5.69 Å². The maximum Gasteiger partial charge on any atom is 0.240 e. The van der Waals surface area contributed by atoms with Crippen LogP contribution < -0.4 is 21.5 Å². The molecular weight excluding hydrogens is 396 g/mol. The molecule has 2 amide bonds. The van der Waals surface area contributed by atoms with E-state index in [1.54, 1.807) is 0 Å². The van der Waals surface area contributed by atoms with Crippen LogP contribution in [0.2, 0.25) is 0 Å². The number of nitrogens with one attached hydrogen (secondary N) is 4. The Morgan fingerprint density at radius 1 is 1.08 bits per heavy atom. The van der Waals surface area contributed by atoms with Crippen LogP contribution in [0.15, 0.2) is 24.3 Å². The number of carbonyl (C=O) groups excluding carboxylic acids is 2. The summed E-state index contributed by atoms with van der Waals surface area (Å²) in [5.41, 5.74) is 8.07. The maximum absolute atomic E-state index is 12.6. The SMILES string of the molecule is CC(NC(=O)C1NNC(C(C)C)C1Br)c1ccc(NC(=O)C2CC2)cc1. The van der Waals surface area contributed by atoms with Crippen LogP contribution in [-0.4, -0.2) is 28.7 Å². The zero-order valence-corrected chi connectivity index (χ0v) is 17.0. The second kappa shape index (κ2) is 8.06. The first-order valence-electron chi connectivity index (χ1n) is 9.23. The molecule has 6 nitrogen and oxygen atoms in total. The number of benzene rings is 1. The second-order valence-electron chi connectivity index (χ2n) is 7.60. The fraction of sp³-hybridized carbons (Fsp3) is 0.579. The Labute approximate surface area is 163 Å². The summed E-state index contributed by atoms with van der Waals surface area (Å²) in [4.78, 5) is 24.4. The topological polar surface area (TPSA) is 82.3 Å². The Kier molecular flexibility index (Phi) is 5.99. The van der Waals surface area contributed by atoms with E-state index in [1.165, 1.54) is 0 Å². The lowest BCUT2D eigenvalue weighted by molar-refractivity contribution is -0.123. The summed E-state index contributed by atoms with van der Waals surface area (Å²) >= 11 is 3.64. The first-order valence-corrected chi connectivity index (χ1v) is 10.1. The normalized spacial score (nSPS) is 26.6. The Morgan fingerprint density at radius 3 is 2.27 bits per heavy atom. The summed E-state index contributed by atoms with van der Waals surface area (Å²) in [6.07, 6.45) is 1.98. The van der Waals surface area contributed by atoms with E-state index in [0.29, 0.717) is 5.92 Å².